The van der Waals surface area contributed by atoms with Crippen LogP contribution in [0.4, 0.5) is 5.82 Å². The van der Waals surface area contributed by atoms with E-state index in [1.54, 1.807) is 4.57 Å². The zero-order valence-electron chi connectivity index (χ0n) is 13.5. The molecule has 0 amide bonds. The van der Waals surface area contributed by atoms with Crippen molar-refractivity contribution in [2.45, 2.75) is 31.5 Å². The molecule has 1 aliphatic rings. The normalized spacial score (nSPS) is 25.7. The molecular formula is C15H18N6O3S. The fourth-order valence-electron chi connectivity index (χ4n) is 2.68. The number of rotatable bonds is 5. The average Bonchev–Trinajstić information content (AvgIpc) is 3.16. The van der Waals surface area contributed by atoms with Crippen molar-refractivity contribution >= 4 is 34.2 Å². The molecule has 25 heavy (non-hydrogen) atoms. The molecule has 9 nitrogen and oxygen atoms in total. The topological polar surface area (TPSA) is 117 Å². The van der Waals surface area contributed by atoms with Crippen LogP contribution >= 0.6 is 12.2 Å². The largest absolute Gasteiger partial charge is 0.387 e. The molecule has 3 rings (SSSR count). The van der Waals surface area contributed by atoms with Gasteiger partial charge in [-0.2, -0.15) is 0 Å². The number of nitrogens with zero attached hydrogens (tertiary/aromatic N) is 4. The van der Waals surface area contributed by atoms with Gasteiger partial charge in [-0.3, -0.25) is 4.57 Å². The predicted octanol–water partition coefficient (Wildman–Crippen LogP) is -0.573. The molecule has 0 radical (unpaired) electrons. The van der Waals surface area contributed by atoms with Gasteiger partial charge in [0.15, 0.2) is 23.2 Å². The maximum Gasteiger partial charge on any atom is 0.167 e. The van der Waals surface area contributed by atoms with Crippen molar-refractivity contribution in [2.24, 2.45) is 0 Å². The van der Waals surface area contributed by atoms with Crippen LogP contribution in [0.15, 0.2) is 12.7 Å². The van der Waals surface area contributed by atoms with E-state index in [-0.39, 0.29) is 0 Å². The highest BCUT2D eigenvalue weighted by molar-refractivity contribution is 7.80. The molecular weight excluding hydrogens is 344 g/mol. The lowest BCUT2D eigenvalue weighted by molar-refractivity contribution is -0.0218. The average molecular weight is 362 g/mol. The number of nitrogens with one attached hydrogen (secondary N) is 2. The monoisotopic (exact) mass is 362 g/mol. The highest BCUT2D eigenvalue weighted by atomic mass is 32.1. The number of hydrogen-bond acceptors (Lipinski definition) is 8. The third kappa shape index (κ3) is 3.14. The van der Waals surface area contributed by atoms with E-state index in [1.165, 1.54) is 12.7 Å². The van der Waals surface area contributed by atoms with Crippen molar-refractivity contribution in [3.8, 4) is 12.3 Å². The maximum atomic E-state index is 10.4. The molecule has 0 aliphatic carbocycles. The first-order valence-corrected chi connectivity index (χ1v) is 8.13. The smallest absolute Gasteiger partial charge is 0.167 e. The fourth-order valence-corrected chi connectivity index (χ4v) is 3.02. The molecule has 0 aromatic carbocycles. The Balaban J connectivity index is 1.92. The molecule has 132 valence electrons. The highest BCUT2D eigenvalue weighted by Crippen LogP contribution is 2.32. The number of anilines is 1. The molecule has 1 fully saturated rings. The van der Waals surface area contributed by atoms with E-state index in [9.17, 15) is 10.2 Å². The fraction of sp³-hybridized carbons (Fsp3) is 0.467. The minimum Gasteiger partial charge on any atom is -0.387 e. The summed E-state index contributed by atoms with van der Waals surface area (Å²) in [5.41, 5.74) is 0.932. The first-order chi connectivity index (χ1) is 12.1. The van der Waals surface area contributed by atoms with E-state index in [2.05, 4.69) is 31.5 Å². The quantitative estimate of drug-likeness (QED) is 0.410. The SMILES string of the molecule is C#CCNc1ncnc2c1ncn2[C@@H]1O[C@H](C(=S)NCC)[C@@H](O)[C@H]1O. The molecule has 10 heteroatoms. The number of hydrogen-bond donors (Lipinski definition) is 4. The molecule has 3 heterocycles. The second-order valence-electron chi connectivity index (χ2n) is 5.43. The highest BCUT2D eigenvalue weighted by Gasteiger charge is 2.46. The van der Waals surface area contributed by atoms with Crippen molar-refractivity contribution < 1.29 is 14.9 Å². The lowest BCUT2D eigenvalue weighted by atomic mass is 10.1. The second kappa shape index (κ2) is 7.28. The number of fused-ring (bicyclic) bond motifs is 1. The van der Waals surface area contributed by atoms with Crippen LogP contribution in [0.1, 0.15) is 13.2 Å². The molecule has 2 aromatic heterocycles. The van der Waals surface area contributed by atoms with Crippen LogP contribution in [-0.4, -0.2) is 66.1 Å². The van der Waals surface area contributed by atoms with E-state index in [4.69, 9.17) is 23.4 Å². The number of aromatic nitrogens is 4. The Hall–Kier alpha value is -2.32. The number of aliphatic hydroxyl groups is 2. The molecule has 4 N–H and O–H groups in total. The standard InChI is InChI=1S/C15H18N6O3S/c1-3-5-17-12-8-13(19-6-18-12)21(7-20-8)15-10(23)9(22)11(24-15)14(25)16-4-2/h1,6-7,9-11,15,22-23H,4-5H2,2H3,(H,16,25)(H,17,18,19)/t9-,10+,11-,15+/m0/s1. The van der Waals surface area contributed by atoms with Crippen molar-refractivity contribution in [3.05, 3.63) is 12.7 Å². The maximum absolute atomic E-state index is 10.4. The van der Waals surface area contributed by atoms with Gasteiger partial charge in [0.05, 0.1) is 12.9 Å². The van der Waals surface area contributed by atoms with E-state index >= 15 is 0 Å². The molecule has 1 saturated heterocycles. The van der Waals surface area contributed by atoms with Crippen molar-refractivity contribution in [1.82, 2.24) is 24.8 Å². The summed E-state index contributed by atoms with van der Waals surface area (Å²) in [6.45, 7) is 2.77. The number of ether oxygens (including phenoxy) is 1. The van der Waals surface area contributed by atoms with Crippen LogP contribution in [0.3, 0.4) is 0 Å². The minimum absolute atomic E-state index is 0.291. The molecule has 4 atom stereocenters. The first kappa shape index (κ1) is 17.5. The summed E-state index contributed by atoms with van der Waals surface area (Å²) >= 11 is 5.20. The molecule has 0 spiro atoms. The van der Waals surface area contributed by atoms with E-state index in [1.807, 2.05) is 6.92 Å². The first-order valence-electron chi connectivity index (χ1n) is 7.72. The number of imidazole rings is 1. The second-order valence-corrected chi connectivity index (χ2v) is 5.87. The molecule has 0 saturated carbocycles. The number of likely N-dealkylation sites (N-methyl/N-ethyl adjacent to an activating group) is 1. The van der Waals surface area contributed by atoms with Crippen LogP contribution in [-0.2, 0) is 4.74 Å². The number of terminal acetylenes is 1. The Morgan fingerprint density at radius 2 is 2.20 bits per heavy atom. The van der Waals surface area contributed by atoms with Crippen LogP contribution < -0.4 is 10.6 Å². The van der Waals surface area contributed by atoms with Gasteiger partial charge in [0.25, 0.3) is 0 Å². The summed E-state index contributed by atoms with van der Waals surface area (Å²) in [6.07, 6.45) is 4.05. The van der Waals surface area contributed by atoms with Gasteiger partial charge in [-0.25, -0.2) is 15.0 Å². The van der Waals surface area contributed by atoms with Gasteiger partial charge in [-0.15, -0.1) is 6.42 Å². The number of aliphatic hydroxyl groups excluding tert-OH is 2. The van der Waals surface area contributed by atoms with Crippen LogP contribution in [0.5, 0.6) is 0 Å². The van der Waals surface area contributed by atoms with Crippen molar-refractivity contribution in [1.29, 1.82) is 0 Å². The van der Waals surface area contributed by atoms with Crippen molar-refractivity contribution in [2.75, 3.05) is 18.4 Å². The lowest BCUT2D eigenvalue weighted by Gasteiger charge is -2.17. The Kier molecular flexibility index (Phi) is 5.10. The van der Waals surface area contributed by atoms with E-state index < -0.39 is 24.5 Å². The summed E-state index contributed by atoms with van der Waals surface area (Å²) in [4.78, 5) is 12.9. The van der Waals surface area contributed by atoms with Crippen LogP contribution in [0.2, 0.25) is 0 Å². The summed E-state index contributed by atoms with van der Waals surface area (Å²) < 4.78 is 7.32. The van der Waals surface area contributed by atoms with Gasteiger partial charge in [0.1, 0.15) is 29.6 Å². The molecule has 0 unspecified atom stereocenters. The summed E-state index contributed by atoms with van der Waals surface area (Å²) in [5, 5.41) is 26.5. The molecule has 1 aliphatic heterocycles. The molecule has 0 bridgehead atoms. The Bertz CT molecular complexity index is 819. The summed E-state index contributed by atoms with van der Waals surface area (Å²) in [7, 11) is 0. The van der Waals surface area contributed by atoms with Crippen LogP contribution in [0, 0.1) is 12.3 Å². The zero-order valence-corrected chi connectivity index (χ0v) is 14.3. The van der Waals surface area contributed by atoms with Gasteiger partial charge in [-0.05, 0) is 6.92 Å². The zero-order chi connectivity index (χ0) is 18.0. The van der Waals surface area contributed by atoms with E-state index in [0.717, 1.165) is 0 Å². The van der Waals surface area contributed by atoms with Gasteiger partial charge >= 0.3 is 0 Å². The van der Waals surface area contributed by atoms with Crippen LogP contribution in [0.25, 0.3) is 11.2 Å². The Morgan fingerprint density at radius 1 is 1.40 bits per heavy atom. The minimum atomic E-state index is -1.18. The lowest BCUT2D eigenvalue weighted by Crippen LogP contribution is -2.41. The molecule has 2 aromatic rings. The van der Waals surface area contributed by atoms with Crippen molar-refractivity contribution in [3.63, 3.8) is 0 Å². The summed E-state index contributed by atoms with van der Waals surface area (Å²) in [6, 6.07) is 0. The number of thiocarbonyl (C=S) groups is 1. The third-order valence-electron chi connectivity index (χ3n) is 3.84. The van der Waals surface area contributed by atoms with Gasteiger partial charge in [-0.1, -0.05) is 18.1 Å². The van der Waals surface area contributed by atoms with Gasteiger partial charge in [0.2, 0.25) is 0 Å². The third-order valence-corrected chi connectivity index (χ3v) is 4.22. The van der Waals surface area contributed by atoms with E-state index in [0.29, 0.717) is 35.1 Å². The Labute approximate surface area is 149 Å². The van der Waals surface area contributed by atoms with Gasteiger partial charge < -0.3 is 25.6 Å². The Morgan fingerprint density at radius 3 is 2.92 bits per heavy atom. The predicted molar refractivity (Wildman–Crippen MR) is 94.8 cm³/mol. The van der Waals surface area contributed by atoms with Gasteiger partial charge in [0, 0.05) is 6.54 Å². The summed E-state index contributed by atoms with van der Waals surface area (Å²) in [5.74, 6) is 2.94.